The molecule has 0 unspecified atom stereocenters. The summed E-state index contributed by atoms with van der Waals surface area (Å²) in [4.78, 5) is 4.25. The van der Waals surface area contributed by atoms with Crippen molar-refractivity contribution in [2.45, 2.75) is 51.5 Å². The van der Waals surface area contributed by atoms with Gasteiger partial charge in [0.2, 0.25) is 0 Å². The zero-order valence-corrected chi connectivity index (χ0v) is 12.8. The highest BCUT2D eigenvalue weighted by Gasteiger charge is 2.20. The first-order chi connectivity index (χ1) is 10.3. The Morgan fingerprint density at radius 2 is 1.95 bits per heavy atom. The maximum Gasteiger partial charge on any atom is 0.0439 e. The maximum absolute atomic E-state index is 6.05. The van der Waals surface area contributed by atoms with Gasteiger partial charge in [0.05, 0.1) is 0 Å². The molecule has 1 heterocycles. The van der Waals surface area contributed by atoms with Crippen molar-refractivity contribution in [3.8, 4) is 0 Å². The Bertz CT molecular complexity index is 600. The van der Waals surface area contributed by atoms with Gasteiger partial charge in [0.15, 0.2) is 0 Å². The lowest BCUT2D eigenvalue weighted by Crippen LogP contribution is -2.26. The van der Waals surface area contributed by atoms with E-state index in [1.165, 1.54) is 44.2 Å². The molecule has 3 N–H and O–H groups in total. The molecule has 1 aromatic heterocycles. The Labute approximate surface area is 127 Å². The molecule has 1 fully saturated rings. The molecule has 0 saturated heterocycles. The summed E-state index contributed by atoms with van der Waals surface area (Å²) in [5.74, 6) is 0.942. The molecule has 0 bridgehead atoms. The van der Waals surface area contributed by atoms with E-state index in [0.29, 0.717) is 6.04 Å². The molecular formula is C18H25N3. The van der Waals surface area contributed by atoms with Crippen molar-refractivity contribution in [3.63, 3.8) is 0 Å². The molecule has 0 radical (unpaired) electrons. The highest BCUT2D eigenvalue weighted by Crippen LogP contribution is 2.32. The van der Waals surface area contributed by atoms with Gasteiger partial charge in [0.1, 0.15) is 0 Å². The van der Waals surface area contributed by atoms with Crippen LogP contribution < -0.4 is 11.1 Å². The second kappa shape index (κ2) is 6.33. The number of hydrogen-bond donors (Lipinski definition) is 2. The van der Waals surface area contributed by atoms with E-state index in [1.54, 1.807) is 6.20 Å². The number of rotatable bonds is 4. The molecule has 1 aliphatic carbocycles. The summed E-state index contributed by atoms with van der Waals surface area (Å²) >= 11 is 0. The van der Waals surface area contributed by atoms with Gasteiger partial charge in [-0.05, 0) is 49.8 Å². The Morgan fingerprint density at radius 1 is 1.14 bits per heavy atom. The Morgan fingerprint density at radius 3 is 2.71 bits per heavy atom. The van der Waals surface area contributed by atoms with Gasteiger partial charge in [-0.2, -0.15) is 0 Å². The van der Waals surface area contributed by atoms with Crippen LogP contribution in [0.5, 0.6) is 0 Å². The molecule has 0 amide bonds. The summed E-state index contributed by atoms with van der Waals surface area (Å²) in [5, 5.41) is 5.94. The number of nitrogens with zero attached hydrogens (tertiary/aromatic N) is 1. The third-order valence-corrected chi connectivity index (χ3v) is 4.76. The Kier molecular flexibility index (Phi) is 4.28. The van der Waals surface area contributed by atoms with Crippen LogP contribution in [0, 0.1) is 5.92 Å². The minimum absolute atomic E-state index is 0.588. The summed E-state index contributed by atoms with van der Waals surface area (Å²) in [7, 11) is 0. The van der Waals surface area contributed by atoms with Gasteiger partial charge in [0.25, 0.3) is 0 Å². The van der Waals surface area contributed by atoms with E-state index in [9.17, 15) is 0 Å². The van der Waals surface area contributed by atoms with E-state index in [-0.39, 0.29) is 0 Å². The van der Waals surface area contributed by atoms with Crippen LogP contribution in [-0.2, 0) is 0 Å². The molecule has 21 heavy (non-hydrogen) atoms. The molecular weight excluding hydrogens is 258 g/mol. The zero-order valence-electron chi connectivity index (χ0n) is 12.8. The van der Waals surface area contributed by atoms with Crippen molar-refractivity contribution >= 4 is 22.1 Å². The number of nitrogen functional groups attached to an aromatic ring is 1. The summed E-state index contributed by atoms with van der Waals surface area (Å²) in [5.41, 5.74) is 8.05. The van der Waals surface area contributed by atoms with Crippen LogP contribution >= 0.6 is 0 Å². The summed E-state index contributed by atoms with van der Waals surface area (Å²) in [6.07, 6.45) is 11.7. The number of pyridine rings is 1. The molecule has 0 spiro atoms. The number of aromatic nitrogens is 1. The quantitative estimate of drug-likeness (QED) is 0.807. The lowest BCUT2D eigenvalue weighted by atomic mass is 9.83. The Hall–Kier alpha value is -1.77. The third-order valence-electron chi connectivity index (χ3n) is 4.76. The standard InChI is InChI=1S/C18H25N3/c1-2-3-13-4-6-14(7-5-13)21-18-9-8-17(19)15-10-11-20-12-16(15)18/h8-14,21H,2-7,19H2,1H3. The highest BCUT2D eigenvalue weighted by molar-refractivity contribution is 6.00. The van der Waals surface area contributed by atoms with Crippen LogP contribution in [0.15, 0.2) is 30.6 Å². The van der Waals surface area contributed by atoms with Crippen molar-refractivity contribution in [3.05, 3.63) is 30.6 Å². The van der Waals surface area contributed by atoms with Crippen LogP contribution in [0.3, 0.4) is 0 Å². The van der Waals surface area contributed by atoms with Crippen LogP contribution in [0.2, 0.25) is 0 Å². The second-order valence-corrected chi connectivity index (χ2v) is 6.27. The fourth-order valence-corrected chi connectivity index (χ4v) is 3.56. The van der Waals surface area contributed by atoms with E-state index < -0.39 is 0 Å². The van der Waals surface area contributed by atoms with Crippen molar-refractivity contribution in [2.24, 2.45) is 5.92 Å². The van der Waals surface area contributed by atoms with Gasteiger partial charge >= 0.3 is 0 Å². The van der Waals surface area contributed by atoms with Gasteiger partial charge < -0.3 is 11.1 Å². The number of nitrogens with two attached hydrogens (primary N) is 1. The van der Waals surface area contributed by atoms with Crippen molar-refractivity contribution in [1.29, 1.82) is 0 Å². The van der Waals surface area contributed by atoms with Crippen molar-refractivity contribution in [2.75, 3.05) is 11.1 Å². The van der Waals surface area contributed by atoms with Gasteiger partial charge in [-0.3, -0.25) is 4.98 Å². The maximum atomic E-state index is 6.05. The molecule has 1 aromatic carbocycles. The smallest absolute Gasteiger partial charge is 0.0439 e. The molecule has 1 aliphatic rings. The van der Waals surface area contributed by atoms with E-state index in [4.69, 9.17) is 5.73 Å². The first kappa shape index (κ1) is 14.2. The average molecular weight is 283 g/mol. The normalized spacial score (nSPS) is 22.3. The molecule has 3 rings (SSSR count). The fraction of sp³-hybridized carbons (Fsp3) is 0.500. The molecule has 1 saturated carbocycles. The second-order valence-electron chi connectivity index (χ2n) is 6.27. The number of fused-ring (bicyclic) bond motifs is 1. The predicted octanol–water partition coefficient (Wildman–Crippen LogP) is 4.59. The van der Waals surface area contributed by atoms with Crippen molar-refractivity contribution < 1.29 is 0 Å². The van der Waals surface area contributed by atoms with E-state index in [0.717, 1.165) is 22.4 Å². The van der Waals surface area contributed by atoms with Gasteiger partial charge in [-0.1, -0.05) is 19.8 Å². The van der Waals surface area contributed by atoms with Crippen LogP contribution in [0.25, 0.3) is 10.8 Å². The molecule has 0 aliphatic heterocycles. The molecule has 112 valence electrons. The van der Waals surface area contributed by atoms with E-state index in [2.05, 4.69) is 23.3 Å². The first-order valence-corrected chi connectivity index (χ1v) is 8.16. The molecule has 2 aromatic rings. The molecule has 0 atom stereocenters. The summed E-state index contributed by atoms with van der Waals surface area (Å²) in [6.45, 7) is 2.29. The topological polar surface area (TPSA) is 50.9 Å². The summed E-state index contributed by atoms with van der Waals surface area (Å²) in [6, 6.07) is 6.67. The van der Waals surface area contributed by atoms with Gasteiger partial charge in [0, 0.05) is 40.6 Å². The predicted molar refractivity (Wildman–Crippen MR) is 90.4 cm³/mol. The van der Waals surface area contributed by atoms with E-state index >= 15 is 0 Å². The Balaban J connectivity index is 1.73. The molecule has 3 heteroatoms. The van der Waals surface area contributed by atoms with E-state index in [1.807, 2.05) is 18.3 Å². The SMILES string of the molecule is CCCC1CCC(Nc2ccc(N)c3ccncc23)CC1. The third kappa shape index (κ3) is 3.12. The summed E-state index contributed by atoms with van der Waals surface area (Å²) < 4.78 is 0. The largest absolute Gasteiger partial charge is 0.398 e. The lowest BCUT2D eigenvalue weighted by molar-refractivity contribution is 0.319. The first-order valence-electron chi connectivity index (χ1n) is 8.16. The van der Waals surface area contributed by atoms with Crippen LogP contribution in [0.4, 0.5) is 11.4 Å². The lowest BCUT2D eigenvalue weighted by Gasteiger charge is -2.30. The number of anilines is 2. The van der Waals surface area contributed by atoms with Crippen LogP contribution in [-0.4, -0.2) is 11.0 Å². The monoisotopic (exact) mass is 283 g/mol. The number of benzene rings is 1. The minimum Gasteiger partial charge on any atom is -0.398 e. The van der Waals surface area contributed by atoms with Crippen molar-refractivity contribution in [1.82, 2.24) is 4.98 Å². The minimum atomic E-state index is 0.588. The average Bonchev–Trinajstić information content (AvgIpc) is 2.52. The van der Waals surface area contributed by atoms with Gasteiger partial charge in [-0.25, -0.2) is 0 Å². The number of nitrogens with one attached hydrogen (secondary N) is 1. The number of hydrogen-bond acceptors (Lipinski definition) is 3. The van der Waals surface area contributed by atoms with Crippen LogP contribution in [0.1, 0.15) is 45.4 Å². The van der Waals surface area contributed by atoms with Gasteiger partial charge in [-0.15, -0.1) is 0 Å². The fourth-order valence-electron chi connectivity index (χ4n) is 3.56. The molecule has 3 nitrogen and oxygen atoms in total. The zero-order chi connectivity index (χ0) is 14.7. The highest BCUT2D eigenvalue weighted by atomic mass is 14.9.